The van der Waals surface area contributed by atoms with E-state index in [4.69, 9.17) is 30.5 Å². The van der Waals surface area contributed by atoms with Gasteiger partial charge in [0.15, 0.2) is 0 Å². The molecule has 0 amide bonds. The van der Waals surface area contributed by atoms with Crippen LogP contribution in [0.25, 0.3) is 0 Å². The Labute approximate surface area is 224 Å². The second-order valence-corrected chi connectivity index (χ2v) is 11.1. The van der Waals surface area contributed by atoms with E-state index in [-0.39, 0.29) is 36.9 Å². The van der Waals surface area contributed by atoms with E-state index in [2.05, 4.69) is 25.1 Å². The predicted molar refractivity (Wildman–Crippen MR) is 142 cm³/mol. The van der Waals surface area contributed by atoms with Crippen LogP contribution < -0.4 is 4.74 Å². The van der Waals surface area contributed by atoms with Gasteiger partial charge in [0.25, 0.3) is 0 Å². The fraction of sp³-hybridized carbons (Fsp3) is 0.533. The van der Waals surface area contributed by atoms with E-state index < -0.39 is 0 Å². The van der Waals surface area contributed by atoms with Crippen molar-refractivity contribution >= 4 is 23.5 Å². The summed E-state index contributed by atoms with van der Waals surface area (Å²) >= 11 is 6.57. The van der Waals surface area contributed by atoms with Gasteiger partial charge in [-0.05, 0) is 54.2 Å². The van der Waals surface area contributed by atoms with Gasteiger partial charge in [0.2, 0.25) is 0 Å². The fourth-order valence-corrected chi connectivity index (χ4v) is 5.50. The van der Waals surface area contributed by atoms with E-state index >= 15 is 0 Å². The van der Waals surface area contributed by atoms with Crippen LogP contribution in [0.3, 0.4) is 0 Å². The van der Waals surface area contributed by atoms with Crippen molar-refractivity contribution in [2.45, 2.75) is 84.0 Å². The zero-order valence-electron chi connectivity index (χ0n) is 22.0. The molecule has 0 N–H and O–H groups in total. The summed E-state index contributed by atoms with van der Waals surface area (Å²) in [6, 6.07) is 14.1. The lowest BCUT2D eigenvalue weighted by atomic mass is 9.90. The van der Waals surface area contributed by atoms with E-state index in [1.54, 1.807) is 0 Å². The molecule has 37 heavy (non-hydrogen) atoms. The molecule has 1 aliphatic carbocycles. The minimum atomic E-state index is -0.368. The monoisotopic (exact) mass is 528 g/mol. The molecule has 2 aromatic rings. The van der Waals surface area contributed by atoms with Gasteiger partial charge in [-0.1, -0.05) is 55.6 Å². The number of rotatable bonds is 9. The van der Waals surface area contributed by atoms with Gasteiger partial charge in [-0.25, -0.2) is 0 Å². The normalized spacial score (nSPS) is 22.9. The molecule has 2 aliphatic rings. The molecule has 1 saturated heterocycles. The predicted octanol–water partition coefficient (Wildman–Crippen LogP) is 6.60. The van der Waals surface area contributed by atoms with Gasteiger partial charge in [-0.2, -0.15) is 0 Å². The highest BCUT2D eigenvalue weighted by Gasteiger charge is 2.33. The fourth-order valence-electron chi connectivity index (χ4n) is 5.32. The van der Waals surface area contributed by atoms with Gasteiger partial charge in [0, 0.05) is 37.1 Å². The summed E-state index contributed by atoms with van der Waals surface area (Å²) in [5.41, 5.74) is 3.36. The van der Waals surface area contributed by atoms with E-state index in [9.17, 15) is 9.59 Å². The summed E-state index contributed by atoms with van der Waals surface area (Å²) in [5, 5.41) is 0.682. The highest BCUT2D eigenvalue weighted by atomic mass is 35.5. The SMILES string of the molecule is CC(=O)OCC1CC(OC(C)=O)CC(c2ccc(Cl)c(Cc3ccc(OCC4(C)CCCC4)cc3)c2)O1. The van der Waals surface area contributed by atoms with Crippen molar-refractivity contribution in [3.8, 4) is 5.75 Å². The molecule has 3 unspecified atom stereocenters. The van der Waals surface area contributed by atoms with Crippen molar-refractivity contribution in [2.75, 3.05) is 13.2 Å². The van der Waals surface area contributed by atoms with E-state index in [1.807, 2.05) is 24.3 Å². The van der Waals surface area contributed by atoms with E-state index in [1.165, 1.54) is 39.5 Å². The average molecular weight is 529 g/mol. The van der Waals surface area contributed by atoms with Crippen LogP contribution in [-0.2, 0) is 30.2 Å². The summed E-state index contributed by atoms with van der Waals surface area (Å²) in [5.74, 6) is 0.189. The molecule has 7 heteroatoms. The Bertz CT molecular complexity index is 1080. The Hall–Kier alpha value is -2.57. The number of hydrogen-bond donors (Lipinski definition) is 0. The Morgan fingerprint density at radius 2 is 1.76 bits per heavy atom. The molecule has 0 radical (unpaired) electrons. The number of ether oxygens (including phenoxy) is 4. The first kappa shape index (κ1) is 27.5. The summed E-state index contributed by atoms with van der Waals surface area (Å²) in [7, 11) is 0. The Balaban J connectivity index is 1.43. The highest BCUT2D eigenvalue weighted by molar-refractivity contribution is 6.31. The smallest absolute Gasteiger partial charge is 0.302 e. The van der Waals surface area contributed by atoms with Crippen LogP contribution in [0, 0.1) is 5.41 Å². The van der Waals surface area contributed by atoms with Crippen LogP contribution in [0.2, 0.25) is 5.02 Å². The van der Waals surface area contributed by atoms with Crippen molar-refractivity contribution in [3.05, 3.63) is 64.2 Å². The van der Waals surface area contributed by atoms with E-state index in [0.717, 1.165) is 29.0 Å². The van der Waals surface area contributed by atoms with Gasteiger partial charge in [-0.3, -0.25) is 9.59 Å². The molecule has 1 saturated carbocycles. The standard InChI is InChI=1S/C30H37ClO6/c1-20(32)34-18-27-16-26(36-21(2)33)17-29(37-27)23-8-11-28(31)24(15-23)14-22-6-9-25(10-7-22)35-19-30(3)12-4-5-13-30/h6-11,15,26-27,29H,4-5,12-14,16-19H2,1-3H3. The quantitative estimate of drug-likeness (QED) is 0.341. The third-order valence-electron chi connectivity index (χ3n) is 7.32. The number of benzene rings is 2. The topological polar surface area (TPSA) is 71.1 Å². The van der Waals surface area contributed by atoms with Crippen LogP contribution in [0.5, 0.6) is 5.75 Å². The third-order valence-corrected chi connectivity index (χ3v) is 7.69. The third kappa shape index (κ3) is 7.96. The maximum absolute atomic E-state index is 11.6. The lowest BCUT2D eigenvalue weighted by molar-refractivity contribution is -0.169. The second-order valence-electron chi connectivity index (χ2n) is 10.7. The molecule has 1 aliphatic heterocycles. The molecule has 200 valence electrons. The zero-order chi connectivity index (χ0) is 26.4. The van der Waals surface area contributed by atoms with Crippen LogP contribution in [0.1, 0.15) is 82.1 Å². The van der Waals surface area contributed by atoms with Crippen LogP contribution in [-0.4, -0.2) is 37.4 Å². The lowest BCUT2D eigenvalue weighted by Gasteiger charge is -2.35. The second kappa shape index (κ2) is 12.3. The molecule has 0 aromatic heterocycles. The lowest BCUT2D eigenvalue weighted by Crippen LogP contribution is -2.36. The van der Waals surface area contributed by atoms with Gasteiger partial charge in [0.05, 0.1) is 18.8 Å². The zero-order valence-corrected chi connectivity index (χ0v) is 22.7. The molecular weight excluding hydrogens is 492 g/mol. The summed E-state index contributed by atoms with van der Waals surface area (Å²) < 4.78 is 23.0. The summed E-state index contributed by atoms with van der Waals surface area (Å²) in [6.07, 6.45) is 5.76. The van der Waals surface area contributed by atoms with Crippen molar-refractivity contribution in [1.29, 1.82) is 0 Å². The number of esters is 2. The molecule has 2 aromatic carbocycles. The maximum atomic E-state index is 11.6. The van der Waals surface area contributed by atoms with Crippen molar-refractivity contribution in [3.63, 3.8) is 0 Å². The molecule has 0 spiro atoms. The van der Waals surface area contributed by atoms with Crippen LogP contribution in [0.4, 0.5) is 0 Å². The number of halogens is 1. The van der Waals surface area contributed by atoms with Crippen molar-refractivity contribution in [1.82, 2.24) is 0 Å². The highest BCUT2D eigenvalue weighted by Crippen LogP contribution is 2.38. The number of hydrogen-bond acceptors (Lipinski definition) is 6. The number of carbonyl (C=O) groups excluding carboxylic acids is 2. The Kier molecular flexibility index (Phi) is 9.14. The minimum absolute atomic E-state index is 0.123. The van der Waals surface area contributed by atoms with Gasteiger partial charge >= 0.3 is 11.9 Å². The first-order valence-electron chi connectivity index (χ1n) is 13.2. The molecule has 6 nitrogen and oxygen atoms in total. The Morgan fingerprint density at radius 1 is 1.03 bits per heavy atom. The molecular formula is C30H37ClO6. The summed E-state index contributed by atoms with van der Waals surface area (Å²) in [4.78, 5) is 22.9. The maximum Gasteiger partial charge on any atom is 0.302 e. The molecule has 1 heterocycles. The minimum Gasteiger partial charge on any atom is -0.493 e. The first-order valence-corrected chi connectivity index (χ1v) is 13.5. The van der Waals surface area contributed by atoms with Gasteiger partial charge in [0.1, 0.15) is 18.5 Å². The molecule has 3 atom stereocenters. The van der Waals surface area contributed by atoms with Crippen LogP contribution >= 0.6 is 11.6 Å². The Morgan fingerprint density at radius 3 is 2.43 bits per heavy atom. The van der Waals surface area contributed by atoms with Gasteiger partial charge in [-0.15, -0.1) is 0 Å². The average Bonchev–Trinajstić information content (AvgIpc) is 3.30. The largest absolute Gasteiger partial charge is 0.493 e. The molecule has 2 fully saturated rings. The van der Waals surface area contributed by atoms with Crippen molar-refractivity contribution in [2.24, 2.45) is 5.41 Å². The van der Waals surface area contributed by atoms with Gasteiger partial charge < -0.3 is 18.9 Å². The first-order chi connectivity index (χ1) is 17.7. The van der Waals surface area contributed by atoms with Crippen molar-refractivity contribution < 1.29 is 28.5 Å². The molecule has 0 bridgehead atoms. The molecule has 4 rings (SSSR count). The van der Waals surface area contributed by atoms with Crippen LogP contribution in [0.15, 0.2) is 42.5 Å². The number of carbonyl (C=O) groups is 2. The van der Waals surface area contributed by atoms with E-state index in [0.29, 0.717) is 29.7 Å². The summed E-state index contributed by atoms with van der Waals surface area (Å²) in [6.45, 7) is 5.96.